The van der Waals surface area contributed by atoms with Crippen molar-refractivity contribution in [2.75, 3.05) is 0 Å². The van der Waals surface area contributed by atoms with E-state index in [1.165, 1.54) is 0 Å². The number of hydrogen-bond donors (Lipinski definition) is 1. The molecule has 98 valence electrons. The number of rotatable bonds is 2. The van der Waals surface area contributed by atoms with Gasteiger partial charge in [-0.15, -0.1) is 0 Å². The van der Waals surface area contributed by atoms with Gasteiger partial charge in [-0.25, -0.2) is 4.98 Å². The molecule has 3 rings (SSSR count). The van der Waals surface area contributed by atoms with E-state index >= 15 is 0 Å². The molecule has 0 saturated heterocycles. The van der Waals surface area contributed by atoms with Crippen LogP contribution in [-0.4, -0.2) is 10.9 Å². The number of halogens is 1. The maximum Gasteiger partial charge on any atom is 0.252 e. The number of nitrogens with zero attached hydrogens (tertiary/aromatic N) is 1. The summed E-state index contributed by atoms with van der Waals surface area (Å²) in [6.07, 6.45) is 0. The first-order valence-corrected chi connectivity index (χ1v) is 6.49. The van der Waals surface area contributed by atoms with Crippen molar-refractivity contribution in [3.8, 4) is 11.3 Å². The quantitative estimate of drug-likeness (QED) is 0.729. The minimum atomic E-state index is -0.571. The molecule has 1 heterocycles. The Kier molecular flexibility index (Phi) is 3.12. The Bertz CT molecular complexity index is 800. The van der Waals surface area contributed by atoms with Crippen molar-refractivity contribution in [1.82, 2.24) is 4.98 Å². The molecule has 0 aliphatic rings. The van der Waals surface area contributed by atoms with Crippen molar-refractivity contribution in [3.63, 3.8) is 0 Å². The molecule has 0 fully saturated rings. The number of pyridine rings is 1. The van der Waals surface area contributed by atoms with E-state index in [1.54, 1.807) is 0 Å². The summed E-state index contributed by atoms with van der Waals surface area (Å²) in [6.45, 7) is 0. The normalized spacial score (nSPS) is 10.7. The number of primary amides is 1. The van der Waals surface area contributed by atoms with Crippen molar-refractivity contribution in [2.45, 2.75) is 0 Å². The van der Waals surface area contributed by atoms with Crippen molar-refractivity contribution in [3.05, 3.63) is 65.3 Å². The molecule has 20 heavy (non-hydrogen) atoms. The van der Waals surface area contributed by atoms with Gasteiger partial charge in [0.1, 0.15) is 5.15 Å². The van der Waals surface area contributed by atoms with Crippen LogP contribution in [0, 0.1) is 0 Å². The number of fused-ring (bicyclic) bond motifs is 1. The van der Waals surface area contributed by atoms with Crippen molar-refractivity contribution in [1.29, 1.82) is 0 Å². The smallest absolute Gasteiger partial charge is 0.252 e. The van der Waals surface area contributed by atoms with Crippen LogP contribution >= 0.6 is 11.6 Å². The summed E-state index contributed by atoms with van der Waals surface area (Å²) in [5, 5.41) is 1.71. The Labute approximate surface area is 121 Å². The second kappa shape index (κ2) is 4.94. The lowest BCUT2D eigenvalue weighted by Crippen LogP contribution is -2.13. The second-order valence-corrected chi connectivity index (χ2v) is 4.76. The van der Waals surface area contributed by atoms with E-state index in [0.29, 0.717) is 0 Å². The number of hydrogen-bond acceptors (Lipinski definition) is 2. The van der Waals surface area contributed by atoms with Gasteiger partial charge in [0.2, 0.25) is 0 Å². The van der Waals surface area contributed by atoms with Gasteiger partial charge < -0.3 is 5.73 Å². The number of aromatic nitrogens is 1. The zero-order valence-electron chi connectivity index (χ0n) is 10.5. The lowest BCUT2D eigenvalue weighted by Gasteiger charge is -2.10. The van der Waals surface area contributed by atoms with Gasteiger partial charge in [-0.3, -0.25) is 4.79 Å². The summed E-state index contributed by atoms with van der Waals surface area (Å²) in [5.41, 5.74) is 7.36. The van der Waals surface area contributed by atoms with Crippen molar-refractivity contribution < 1.29 is 4.79 Å². The molecule has 0 radical (unpaired) electrons. The first-order chi connectivity index (χ1) is 9.68. The second-order valence-electron chi connectivity index (χ2n) is 4.40. The zero-order valence-corrected chi connectivity index (χ0v) is 11.3. The van der Waals surface area contributed by atoms with E-state index in [9.17, 15) is 4.79 Å². The largest absolute Gasteiger partial charge is 0.365 e. The maximum absolute atomic E-state index is 11.6. The standard InChI is InChI=1S/C16H11ClN2O/c17-15-13(16(18)20)11-8-4-5-9-12(11)14(19-15)10-6-2-1-3-7-10/h1-9H,(H2,18,20). The van der Waals surface area contributed by atoms with Gasteiger partial charge in [0.05, 0.1) is 11.3 Å². The van der Waals surface area contributed by atoms with E-state index in [-0.39, 0.29) is 10.7 Å². The number of nitrogens with two attached hydrogens (primary N) is 1. The number of benzene rings is 2. The molecular formula is C16H11ClN2O. The van der Waals surface area contributed by atoms with Crippen molar-refractivity contribution in [2.24, 2.45) is 5.73 Å². The number of carbonyl (C=O) groups excluding carboxylic acids is 1. The minimum absolute atomic E-state index is 0.134. The Morgan fingerprint density at radius 1 is 0.950 bits per heavy atom. The topological polar surface area (TPSA) is 56.0 Å². The summed E-state index contributed by atoms with van der Waals surface area (Å²) in [6, 6.07) is 17.2. The van der Waals surface area contributed by atoms with Gasteiger partial charge in [0.15, 0.2) is 0 Å². The van der Waals surface area contributed by atoms with E-state index in [1.807, 2.05) is 54.6 Å². The Morgan fingerprint density at radius 2 is 1.55 bits per heavy atom. The first-order valence-electron chi connectivity index (χ1n) is 6.12. The summed E-state index contributed by atoms with van der Waals surface area (Å²) in [5.74, 6) is -0.571. The molecular weight excluding hydrogens is 272 g/mol. The molecule has 0 atom stereocenters. The molecule has 0 bridgehead atoms. The van der Waals surface area contributed by atoms with E-state index in [4.69, 9.17) is 17.3 Å². The van der Waals surface area contributed by atoms with Crippen LogP contribution in [0.15, 0.2) is 54.6 Å². The highest BCUT2D eigenvalue weighted by molar-refractivity contribution is 6.34. The summed E-state index contributed by atoms with van der Waals surface area (Å²) in [4.78, 5) is 15.9. The van der Waals surface area contributed by atoms with Gasteiger partial charge in [-0.05, 0) is 5.39 Å². The first kappa shape index (κ1) is 12.6. The Balaban J connectivity index is 2.41. The van der Waals surface area contributed by atoms with Gasteiger partial charge in [-0.1, -0.05) is 66.2 Å². The maximum atomic E-state index is 11.6. The van der Waals surface area contributed by atoms with Crippen molar-refractivity contribution >= 4 is 28.3 Å². The highest BCUT2D eigenvalue weighted by atomic mass is 35.5. The van der Waals surface area contributed by atoms with Crippen LogP contribution in [0.3, 0.4) is 0 Å². The fourth-order valence-corrected chi connectivity index (χ4v) is 2.56. The third kappa shape index (κ3) is 2.02. The van der Waals surface area contributed by atoms with Crippen LogP contribution < -0.4 is 5.73 Å². The minimum Gasteiger partial charge on any atom is -0.365 e. The lowest BCUT2D eigenvalue weighted by atomic mass is 10.0. The number of carbonyl (C=O) groups is 1. The average molecular weight is 283 g/mol. The van der Waals surface area contributed by atoms with Crippen LogP contribution in [-0.2, 0) is 0 Å². The SMILES string of the molecule is NC(=O)c1c(Cl)nc(-c2ccccc2)c2ccccc12. The van der Waals surface area contributed by atoms with Gasteiger partial charge in [0.25, 0.3) is 5.91 Å². The fourth-order valence-electron chi connectivity index (χ4n) is 2.28. The fraction of sp³-hybridized carbons (Fsp3) is 0. The highest BCUT2D eigenvalue weighted by Gasteiger charge is 2.16. The Morgan fingerprint density at radius 3 is 2.20 bits per heavy atom. The Hall–Kier alpha value is -2.39. The van der Waals surface area contributed by atoms with Gasteiger partial charge in [-0.2, -0.15) is 0 Å². The highest BCUT2D eigenvalue weighted by Crippen LogP contribution is 2.32. The van der Waals surface area contributed by atoms with E-state index in [0.717, 1.165) is 22.0 Å². The molecule has 0 unspecified atom stereocenters. The molecule has 0 spiro atoms. The van der Waals surface area contributed by atoms with Crippen LogP contribution in [0.2, 0.25) is 5.15 Å². The van der Waals surface area contributed by atoms with Crippen LogP contribution in [0.1, 0.15) is 10.4 Å². The molecule has 3 nitrogen and oxygen atoms in total. The molecule has 3 aromatic rings. The van der Waals surface area contributed by atoms with Crippen LogP contribution in [0.25, 0.3) is 22.0 Å². The summed E-state index contributed by atoms with van der Waals surface area (Å²) >= 11 is 6.14. The molecule has 0 saturated carbocycles. The van der Waals surface area contributed by atoms with Gasteiger partial charge in [0, 0.05) is 10.9 Å². The molecule has 0 aliphatic carbocycles. The van der Waals surface area contributed by atoms with Crippen LogP contribution in [0.5, 0.6) is 0 Å². The van der Waals surface area contributed by atoms with E-state index < -0.39 is 5.91 Å². The monoisotopic (exact) mass is 282 g/mol. The molecule has 2 aromatic carbocycles. The molecule has 1 aromatic heterocycles. The summed E-state index contributed by atoms with van der Waals surface area (Å²) < 4.78 is 0. The lowest BCUT2D eigenvalue weighted by molar-refractivity contribution is 0.100. The molecule has 4 heteroatoms. The number of amides is 1. The average Bonchev–Trinajstić information content (AvgIpc) is 2.47. The predicted octanol–water partition coefficient (Wildman–Crippen LogP) is 3.65. The van der Waals surface area contributed by atoms with Gasteiger partial charge >= 0.3 is 0 Å². The zero-order chi connectivity index (χ0) is 14.1. The third-order valence-electron chi connectivity index (χ3n) is 3.16. The molecule has 1 amide bonds. The molecule has 2 N–H and O–H groups in total. The van der Waals surface area contributed by atoms with Crippen LogP contribution in [0.4, 0.5) is 0 Å². The molecule has 0 aliphatic heterocycles. The van der Waals surface area contributed by atoms with E-state index in [2.05, 4.69) is 4.98 Å². The summed E-state index contributed by atoms with van der Waals surface area (Å²) in [7, 11) is 0. The predicted molar refractivity (Wildman–Crippen MR) is 80.7 cm³/mol. The third-order valence-corrected chi connectivity index (χ3v) is 3.43.